The molecule has 4 heterocycles. The summed E-state index contributed by atoms with van der Waals surface area (Å²) in [4.78, 5) is 10.7. The van der Waals surface area contributed by atoms with Crippen LogP contribution in [0.2, 0.25) is 5.02 Å². The van der Waals surface area contributed by atoms with Crippen LogP contribution in [0.4, 0.5) is 0 Å². The first kappa shape index (κ1) is 14.4. The highest BCUT2D eigenvalue weighted by molar-refractivity contribution is 6.31. The molecule has 8 nitrogen and oxygen atoms in total. The third kappa shape index (κ3) is 2.25. The standard InChI is InChI=1S/C16H13ClN8/c1-10-14-7-24-16(21-15(22-24)8-25-19-4-5-20-25)12-6-11(17)2-3-13(12)23(14)9-18-10/h2-6,9H,7-8H2,1H3. The van der Waals surface area contributed by atoms with Gasteiger partial charge in [-0.05, 0) is 25.1 Å². The first-order valence-corrected chi connectivity index (χ1v) is 8.18. The quantitative estimate of drug-likeness (QED) is 0.486. The summed E-state index contributed by atoms with van der Waals surface area (Å²) in [6.45, 7) is 3.01. The van der Waals surface area contributed by atoms with E-state index in [-0.39, 0.29) is 0 Å². The lowest BCUT2D eigenvalue weighted by molar-refractivity contribution is 0.561. The number of aryl methyl sites for hydroxylation is 1. The zero-order valence-corrected chi connectivity index (χ0v) is 14.1. The summed E-state index contributed by atoms with van der Waals surface area (Å²) in [6, 6.07) is 5.78. The molecule has 0 aliphatic carbocycles. The van der Waals surface area contributed by atoms with E-state index < -0.39 is 0 Å². The molecule has 9 heteroatoms. The SMILES string of the molecule is Cc1ncn2c1Cn1nc(Cn3nccn3)nc1-c1cc(Cl)ccc1-2. The van der Waals surface area contributed by atoms with Crippen LogP contribution in [0.3, 0.4) is 0 Å². The van der Waals surface area contributed by atoms with E-state index in [1.165, 1.54) is 0 Å². The second-order valence-corrected chi connectivity index (χ2v) is 6.31. The highest BCUT2D eigenvalue weighted by atomic mass is 35.5. The van der Waals surface area contributed by atoms with Crippen molar-refractivity contribution in [2.75, 3.05) is 0 Å². The minimum absolute atomic E-state index is 0.418. The van der Waals surface area contributed by atoms with Crippen molar-refractivity contribution in [2.24, 2.45) is 0 Å². The van der Waals surface area contributed by atoms with E-state index in [9.17, 15) is 0 Å². The molecular weight excluding hydrogens is 340 g/mol. The Balaban J connectivity index is 1.70. The van der Waals surface area contributed by atoms with Gasteiger partial charge in [-0.1, -0.05) is 11.6 Å². The van der Waals surface area contributed by atoms with E-state index in [1.54, 1.807) is 17.2 Å². The van der Waals surface area contributed by atoms with Gasteiger partial charge in [-0.3, -0.25) is 0 Å². The Morgan fingerprint density at radius 3 is 2.88 bits per heavy atom. The van der Waals surface area contributed by atoms with E-state index in [0.29, 0.717) is 23.9 Å². The van der Waals surface area contributed by atoms with Gasteiger partial charge in [-0.15, -0.1) is 0 Å². The summed E-state index contributed by atoms with van der Waals surface area (Å²) < 4.78 is 3.97. The van der Waals surface area contributed by atoms with Gasteiger partial charge in [0.15, 0.2) is 11.6 Å². The molecule has 1 aliphatic heterocycles. The summed E-state index contributed by atoms with van der Waals surface area (Å²) in [5, 5.41) is 13.5. The molecule has 0 N–H and O–H groups in total. The predicted octanol–water partition coefficient (Wildman–Crippen LogP) is 2.09. The molecule has 1 aromatic carbocycles. The first-order valence-electron chi connectivity index (χ1n) is 7.80. The molecule has 0 amide bonds. The third-order valence-corrected chi connectivity index (χ3v) is 4.53. The number of rotatable bonds is 2. The Bertz CT molecular complexity index is 1080. The van der Waals surface area contributed by atoms with Gasteiger partial charge in [0.2, 0.25) is 0 Å². The zero-order valence-electron chi connectivity index (χ0n) is 13.3. The van der Waals surface area contributed by atoms with Gasteiger partial charge in [-0.25, -0.2) is 14.6 Å². The average Bonchev–Trinajstić information content (AvgIpc) is 3.30. The van der Waals surface area contributed by atoms with Crippen molar-refractivity contribution in [2.45, 2.75) is 20.0 Å². The fraction of sp³-hybridized carbons (Fsp3) is 0.188. The minimum atomic E-state index is 0.418. The van der Waals surface area contributed by atoms with E-state index >= 15 is 0 Å². The largest absolute Gasteiger partial charge is 0.300 e. The summed E-state index contributed by atoms with van der Waals surface area (Å²) in [5.74, 6) is 1.44. The summed E-state index contributed by atoms with van der Waals surface area (Å²) in [7, 11) is 0. The lowest BCUT2D eigenvalue weighted by Crippen LogP contribution is -2.08. The maximum atomic E-state index is 6.24. The Labute approximate surface area is 147 Å². The molecule has 0 radical (unpaired) electrons. The summed E-state index contributed by atoms with van der Waals surface area (Å²) in [6.07, 6.45) is 5.11. The number of benzene rings is 1. The first-order chi connectivity index (χ1) is 12.2. The van der Waals surface area contributed by atoms with Gasteiger partial charge in [0, 0.05) is 10.6 Å². The van der Waals surface area contributed by atoms with E-state index in [4.69, 9.17) is 16.6 Å². The molecule has 25 heavy (non-hydrogen) atoms. The lowest BCUT2D eigenvalue weighted by Gasteiger charge is -2.08. The molecule has 0 bridgehead atoms. The summed E-state index contributed by atoms with van der Waals surface area (Å²) >= 11 is 6.24. The normalized spacial score (nSPS) is 12.4. The topological polar surface area (TPSA) is 79.2 Å². The predicted molar refractivity (Wildman–Crippen MR) is 90.6 cm³/mol. The molecule has 124 valence electrons. The Kier molecular flexibility index (Phi) is 3.01. The van der Waals surface area contributed by atoms with Crippen LogP contribution in [-0.4, -0.2) is 39.3 Å². The Morgan fingerprint density at radius 1 is 1.20 bits per heavy atom. The van der Waals surface area contributed by atoms with Crippen molar-refractivity contribution in [1.82, 2.24) is 39.3 Å². The van der Waals surface area contributed by atoms with Gasteiger partial charge < -0.3 is 4.57 Å². The minimum Gasteiger partial charge on any atom is -0.300 e. The Hall–Kier alpha value is -3.00. The molecule has 0 spiro atoms. The number of nitrogens with zero attached hydrogens (tertiary/aromatic N) is 8. The number of imidazole rings is 1. The van der Waals surface area contributed by atoms with Crippen LogP contribution in [0.1, 0.15) is 17.2 Å². The molecule has 1 aliphatic rings. The third-order valence-electron chi connectivity index (χ3n) is 4.30. The van der Waals surface area contributed by atoms with Crippen LogP contribution in [0.5, 0.6) is 0 Å². The second-order valence-electron chi connectivity index (χ2n) is 5.88. The molecule has 0 fully saturated rings. The molecule has 0 saturated heterocycles. The van der Waals surface area contributed by atoms with Crippen molar-refractivity contribution in [3.63, 3.8) is 0 Å². The van der Waals surface area contributed by atoms with Gasteiger partial charge >= 0.3 is 0 Å². The molecule has 4 aromatic rings. The zero-order chi connectivity index (χ0) is 17.0. The molecule has 3 aromatic heterocycles. The average molecular weight is 353 g/mol. The molecular formula is C16H13ClN8. The van der Waals surface area contributed by atoms with E-state index in [2.05, 4.69) is 24.8 Å². The van der Waals surface area contributed by atoms with Crippen molar-refractivity contribution in [3.8, 4) is 17.1 Å². The molecule has 0 saturated carbocycles. The van der Waals surface area contributed by atoms with E-state index in [1.807, 2.05) is 36.1 Å². The second kappa shape index (κ2) is 5.25. The number of hydrogen-bond acceptors (Lipinski definition) is 5. The smallest absolute Gasteiger partial charge is 0.174 e. The van der Waals surface area contributed by atoms with Crippen LogP contribution < -0.4 is 0 Å². The van der Waals surface area contributed by atoms with Crippen LogP contribution in [0, 0.1) is 6.92 Å². The lowest BCUT2D eigenvalue weighted by atomic mass is 10.1. The van der Waals surface area contributed by atoms with Gasteiger partial charge in [0.1, 0.15) is 6.54 Å². The fourth-order valence-corrected chi connectivity index (χ4v) is 3.29. The fourth-order valence-electron chi connectivity index (χ4n) is 3.12. The number of fused-ring (bicyclic) bond motifs is 5. The molecule has 0 unspecified atom stereocenters. The van der Waals surface area contributed by atoms with E-state index in [0.717, 1.165) is 28.5 Å². The maximum Gasteiger partial charge on any atom is 0.174 e. The van der Waals surface area contributed by atoms with Crippen molar-refractivity contribution < 1.29 is 0 Å². The van der Waals surface area contributed by atoms with Gasteiger partial charge in [0.05, 0.1) is 42.3 Å². The maximum absolute atomic E-state index is 6.24. The van der Waals surface area contributed by atoms with Crippen molar-refractivity contribution in [3.05, 3.63) is 59.2 Å². The number of halogens is 1. The van der Waals surface area contributed by atoms with Crippen molar-refractivity contribution >= 4 is 11.6 Å². The summed E-state index contributed by atoms with van der Waals surface area (Å²) in [5.41, 5.74) is 3.97. The van der Waals surface area contributed by atoms with Gasteiger partial charge in [0.25, 0.3) is 0 Å². The highest BCUT2D eigenvalue weighted by Crippen LogP contribution is 2.33. The molecule has 5 rings (SSSR count). The number of aromatic nitrogens is 8. The molecule has 0 atom stereocenters. The number of hydrogen-bond donors (Lipinski definition) is 0. The Morgan fingerprint density at radius 2 is 2.04 bits per heavy atom. The monoisotopic (exact) mass is 352 g/mol. The highest BCUT2D eigenvalue weighted by Gasteiger charge is 2.24. The van der Waals surface area contributed by atoms with Crippen LogP contribution in [-0.2, 0) is 13.1 Å². The van der Waals surface area contributed by atoms with Crippen LogP contribution in [0.15, 0.2) is 36.9 Å². The van der Waals surface area contributed by atoms with Crippen LogP contribution >= 0.6 is 11.6 Å². The van der Waals surface area contributed by atoms with Crippen LogP contribution in [0.25, 0.3) is 17.1 Å². The van der Waals surface area contributed by atoms with Gasteiger partial charge in [-0.2, -0.15) is 20.1 Å². The van der Waals surface area contributed by atoms with Crippen molar-refractivity contribution in [1.29, 1.82) is 0 Å².